The van der Waals surface area contributed by atoms with E-state index in [0.717, 1.165) is 29.4 Å². The van der Waals surface area contributed by atoms with Gasteiger partial charge in [0.25, 0.3) is 0 Å². The summed E-state index contributed by atoms with van der Waals surface area (Å²) in [6, 6.07) is 3.92. The predicted octanol–water partition coefficient (Wildman–Crippen LogP) is 4.49. The lowest BCUT2D eigenvalue weighted by Gasteiger charge is -2.32. The van der Waals surface area contributed by atoms with Crippen molar-refractivity contribution in [1.82, 2.24) is 4.90 Å². The Bertz CT molecular complexity index is 771. The highest BCUT2D eigenvalue weighted by Crippen LogP contribution is 2.41. The van der Waals surface area contributed by atoms with E-state index >= 15 is 0 Å². The molecule has 3 rings (SSSR count). The van der Waals surface area contributed by atoms with Gasteiger partial charge in [0.1, 0.15) is 5.60 Å². The van der Waals surface area contributed by atoms with Gasteiger partial charge in [-0.05, 0) is 84.0 Å². The van der Waals surface area contributed by atoms with E-state index in [9.17, 15) is 4.79 Å². The maximum Gasteiger partial charge on any atom is 0.494 e. The molecular formula is C21H31BClNO4. The number of halogens is 1. The fourth-order valence-electron chi connectivity index (χ4n) is 3.68. The number of fused-ring (bicyclic) bond motifs is 1. The Morgan fingerprint density at radius 1 is 1.21 bits per heavy atom. The Kier molecular flexibility index (Phi) is 5.31. The fourth-order valence-corrected chi connectivity index (χ4v) is 4.05. The summed E-state index contributed by atoms with van der Waals surface area (Å²) in [5, 5.41) is 0.639. The lowest BCUT2D eigenvalue weighted by atomic mass is 9.77. The van der Waals surface area contributed by atoms with E-state index in [-0.39, 0.29) is 12.1 Å². The summed E-state index contributed by atoms with van der Waals surface area (Å²) in [6.07, 6.45) is 1.33. The van der Waals surface area contributed by atoms with Crippen LogP contribution in [0, 0.1) is 0 Å². The zero-order valence-electron chi connectivity index (χ0n) is 18.2. The van der Waals surface area contributed by atoms with Gasteiger partial charge in [-0.15, -0.1) is 0 Å². The molecule has 1 heterocycles. The van der Waals surface area contributed by atoms with Gasteiger partial charge in [0, 0.05) is 12.1 Å². The molecule has 1 aromatic carbocycles. The van der Waals surface area contributed by atoms with Crippen molar-refractivity contribution in [3.63, 3.8) is 0 Å². The Morgan fingerprint density at radius 3 is 2.32 bits per heavy atom. The van der Waals surface area contributed by atoms with Crippen LogP contribution in [0.5, 0.6) is 0 Å². The van der Waals surface area contributed by atoms with Gasteiger partial charge in [0.15, 0.2) is 0 Å². The maximum atomic E-state index is 12.5. The minimum atomic E-state index is -0.531. The van der Waals surface area contributed by atoms with E-state index in [1.54, 1.807) is 11.9 Å². The monoisotopic (exact) mass is 407 g/mol. The number of carbonyl (C=O) groups is 1. The summed E-state index contributed by atoms with van der Waals surface area (Å²) in [6.45, 7) is 13.7. The number of ether oxygens (including phenoxy) is 1. The molecule has 154 valence electrons. The first kappa shape index (κ1) is 21.5. The van der Waals surface area contributed by atoms with E-state index < -0.39 is 23.9 Å². The fraction of sp³-hybridized carbons (Fsp3) is 0.667. The summed E-state index contributed by atoms with van der Waals surface area (Å²) in [7, 11) is 1.32. The zero-order chi connectivity index (χ0) is 21.1. The third kappa shape index (κ3) is 3.92. The van der Waals surface area contributed by atoms with Crippen LogP contribution in [-0.4, -0.2) is 42.0 Å². The molecule has 1 aliphatic heterocycles. The van der Waals surface area contributed by atoms with E-state index in [1.165, 1.54) is 0 Å². The van der Waals surface area contributed by atoms with E-state index in [1.807, 2.05) is 54.5 Å². The third-order valence-corrected chi connectivity index (χ3v) is 6.24. The van der Waals surface area contributed by atoms with Crippen LogP contribution in [0.15, 0.2) is 12.1 Å². The van der Waals surface area contributed by atoms with Crippen LogP contribution in [0.25, 0.3) is 0 Å². The lowest BCUT2D eigenvalue weighted by Crippen LogP contribution is -2.41. The van der Waals surface area contributed by atoms with Gasteiger partial charge in [-0.2, -0.15) is 0 Å². The smallest absolute Gasteiger partial charge is 0.444 e. The van der Waals surface area contributed by atoms with E-state index in [4.69, 9.17) is 25.6 Å². The molecule has 1 aromatic rings. The molecule has 7 heteroatoms. The van der Waals surface area contributed by atoms with Crippen molar-refractivity contribution in [2.75, 3.05) is 7.05 Å². The third-order valence-electron chi connectivity index (χ3n) is 5.93. The first-order chi connectivity index (χ1) is 12.7. The Hall–Kier alpha value is -1.24. The first-order valence-electron chi connectivity index (χ1n) is 9.85. The summed E-state index contributed by atoms with van der Waals surface area (Å²) in [5.41, 5.74) is 1.72. The zero-order valence-corrected chi connectivity index (χ0v) is 18.9. The molecule has 0 N–H and O–H groups in total. The molecule has 0 bridgehead atoms. The van der Waals surface area contributed by atoms with Gasteiger partial charge < -0.3 is 18.9 Å². The topological polar surface area (TPSA) is 48.0 Å². The predicted molar refractivity (Wildman–Crippen MR) is 112 cm³/mol. The molecule has 28 heavy (non-hydrogen) atoms. The van der Waals surface area contributed by atoms with Crippen LogP contribution < -0.4 is 5.46 Å². The van der Waals surface area contributed by atoms with Gasteiger partial charge >= 0.3 is 13.2 Å². The average molecular weight is 408 g/mol. The molecular weight excluding hydrogens is 376 g/mol. The number of nitrogens with zero attached hydrogens (tertiary/aromatic N) is 1. The normalized spacial score (nSPS) is 22.9. The summed E-state index contributed by atoms with van der Waals surface area (Å²) in [5.74, 6) is 0. The largest absolute Gasteiger partial charge is 0.494 e. The average Bonchev–Trinajstić information content (AvgIpc) is 3.04. The highest BCUT2D eigenvalue weighted by Gasteiger charge is 2.52. The van der Waals surface area contributed by atoms with Crippen LogP contribution in [0.4, 0.5) is 4.79 Å². The molecule has 1 aliphatic carbocycles. The summed E-state index contributed by atoms with van der Waals surface area (Å²) >= 11 is 6.68. The van der Waals surface area contributed by atoms with Gasteiger partial charge in [0.2, 0.25) is 0 Å². The minimum absolute atomic E-state index is 0.0929. The van der Waals surface area contributed by atoms with Gasteiger partial charge in [0.05, 0.1) is 17.2 Å². The standard InChI is InChI=1S/C21H31BClNO4/c1-19(2,3)26-18(25)24(8)16-10-9-13-11-14(12-15(23)17(13)16)22-27-20(4,5)21(6,7)28-22/h11-12,16H,9-10H2,1-8H3. The van der Waals surface area contributed by atoms with Crippen molar-refractivity contribution in [1.29, 1.82) is 0 Å². The lowest BCUT2D eigenvalue weighted by molar-refractivity contribution is 0.00578. The molecule has 0 spiro atoms. The van der Waals surface area contributed by atoms with Crippen LogP contribution >= 0.6 is 11.6 Å². The SMILES string of the molecule is CN(C(=O)OC(C)(C)C)C1CCc2cc(B3OC(C)(C)C(C)(C)O3)cc(Cl)c21. The maximum absolute atomic E-state index is 12.5. The van der Waals surface area contributed by atoms with Crippen LogP contribution in [0.3, 0.4) is 0 Å². The second-order valence-electron chi connectivity index (χ2n) is 9.81. The second kappa shape index (κ2) is 6.93. The number of carbonyl (C=O) groups excluding carboxylic acids is 1. The number of hydrogen-bond donors (Lipinski definition) is 0. The number of hydrogen-bond acceptors (Lipinski definition) is 4. The van der Waals surface area contributed by atoms with Gasteiger partial charge in [-0.1, -0.05) is 17.7 Å². The molecule has 0 aromatic heterocycles. The van der Waals surface area contributed by atoms with Crippen molar-refractivity contribution >= 4 is 30.3 Å². The van der Waals surface area contributed by atoms with Gasteiger partial charge in [-0.3, -0.25) is 0 Å². The molecule has 1 saturated heterocycles. The molecule has 0 saturated carbocycles. The van der Waals surface area contributed by atoms with Crippen LogP contribution in [-0.2, 0) is 20.5 Å². The highest BCUT2D eigenvalue weighted by atomic mass is 35.5. The van der Waals surface area contributed by atoms with Crippen molar-refractivity contribution in [2.45, 2.75) is 84.2 Å². The van der Waals surface area contributed by atoms with Crippen molar-refractivity contribution < 1.29 is 18.8 Å². The van der Waals surface area contributed by atoms with Crippen molar-refractivity contribution in [3.05, 3.63) is 28.3 Å². The molecule has 1 atom stereocenters. The number of aryl methyl sites for hydroxylation is 1. The first-order valence-corrected chi connectivity index (χ1v) is 10.2. The quantitative estimate of drug-likeness (QED) is 0.678. The van der Waals surface area contributed by atoms with Crippen molar-refractivity contribution in [3.8, 4) is 0 Å². The van der Waals surface area contributed by atoms with E-state index in [2.05, 4.69) is 6.07 Å². The van der Waals surface area contributed by atoms with Crippen LogP contribution in [0.1, 0.15) is 72.1 Å². The van der Waals surface area contributed by atoms with Gasteiger partial charge in [-0.25, -0.2) is 4.79 Å². The molecule has 1 fully saturated rings. The minimum Gasteiger partial charge on any atom is -0.444 e. The summed E-state index contributed by atoms with van der Waals surface area (Å²) < 4.78 is 17.9. The second-order valence-corrected chi connectivity index (χ2v) is 10.2. The molecule has 1 unspecified atom stereocenters. The molecule has 1 amide bonds. The molecule has 5 nitrogen and oxygen atoms in total. The Morgan fingerprint density at radius 2 is 1.79 bits per heavy atom. The Balaban J connectivity index is 1.85. The van der Waals surface area contributed by atoms with Crippen LogP contribution in [0.2, 0.25) is 5.02 Å². The number of amides is 1. The Labute approximate surface area is 173 Å². The summed E-state index contributed by atoms with van der Waals surface area (Å²) in [4.78, 5) is 14.2. The van der Waals surface area contributed by atoms with E-state index in [0.29, 0.717) is 5.02 Å². The number of rotatable bonds is 2. The van der Waals surface area contributed by atoms with Crippen molar-refractivity contribution in [2.24, 2.45) is 0 Å². The molecule has 2 aliphatic rings. The number of benzene rings is 1. The highest BCUT2D eigenvalue weighted by molar-refractivity contribution is 6.62. The molecule has 0 radical (unpaired) electrons.